The maximum atomic E-state index is 6.08. The van der Waals surface area contributed by atoms with Gasteiger partial charge in [-0.2, -0.15) is 0 Å². The molecule has 0 spiro atoms. The van der Waals surface area contributed by atoms with Crippen LogP contribution in [-0.2, 0) is 6.54 Å². The maximum Gasteiger partial charge on any atom is 0.0951 e. The highest BCUT2D eigenvalue weighted by Crippen LogP contribution is 2.28. The molecule has 5 nitrogen and oxygen atoms in total. The lowest BCUT2D eigenvalue weighted by atomic mass is 10.1. The van der Waals surface area contributed by atoms with Crippen molar-refractivity contribution in [2.45, 2.75) is 6.54 Å². The quantitative estimate of drug-likeness (QED) is 0.427. The van der Waals surface area contributed by atoms with Crippen molar-refractivity contribution in [2.24, 2.45) is 0 Å². The van der Waals surface area contributed by atoms with Crippen molar-refractivity contribution in [3.8, 4) is 11.3 Å². The molecule has 0 aliphatic rings. The summed E-state index contributed by atoms with van der Waals surface area (Å²) in [6.45, 7) is 1.57. The molecule has 0 aliphatic heterocycles. The Bertz CT molecular complexity index is 1270. The molecule has 0 bridgehead atoms. The summed E-state index contributed by atoms with van der Waals surface area (Å²) in [4.78, 5) is 12.1. The lowest BCUT2D eigenvalue weighted by molar-refractivity contribution is 0.734. The van der Waals surface area contributed by atoms with E-state index in [0.717, 1.165) is 46.5 Å². The van der Waals surface area contributed by atoms with Gasteiger partial charge < -0.3 is 14.9 Å². The zero-order valence-corrected chi connectivity index (χ0v) is 15.8. The average Bonchev–Trinajstić information content (AvgIpc) is 3.34. The Hall–Kier alpha value is -3.31. The molecule has 0 radical (unpaired) electrons. The lowest BCUT2D eigenvalue weighted by Gasteiger charge is -2.12. The van der Waals surface area contributed by atoms with Crippen LogP contribution in [0.1, 0.15) is 0 Å². The van der Waals surface area contributed by atoms with Crippen LogP contribution in [0.5, 0.6) is 0 Å². The second-order valence-electron chi connectivity index (χ2n) is 6.67. The fraction of sp³-hybridized carbons (Fsp3) is 0.0909. The predicted octanol–water partition coefficient (Wildman–Crippen LogP) is 5.35. The molecule has 0 amide bonds. The summed E-state index contributed by atoms with van der Waals surface area (Å²) < 4.78 is 2.17. The van der Waals surface area contributed by atoms with Gasteiger partial charge >= 0.3 is 0 Å². The standard InChI is InChI=1S/C22H18ClN5/c23-15-5-6-17-20(7-8-25-21(17)11-15)26-9-10-28-14-24-13-22(28)18-12-27-19-4-2-1-3-16(18)19/h1-8,11-14,27H,9-10H2,(H,25,26). The van der Waals surface area contributed by atoms with Crippen LogP contribution in [0, 0.1) is 0 Å². The predicted molar refractivity (Wildman–Crippen MR) is 115 cm³/mol. The van der Waals surface area contributed by atoms with E-state index < -0.39 is 0 Å². The van der Waals surface area contributed by atoms with Crippen molar-refractivity contribution in [1.29, 1.82) is 0 Å². The number of fused-ring (bicyclic) bond motifs is 2. The molecule has 5 aromatic rings. The van der Waals surface area contributed by atoms with E-state index in [1.54, 1.807) is 6.20 Å². The zero-order valence-electron chi connectivity index (χ0n) is 15.1. The Morgan fingerprint density at radius 1 is 1.07 bits per heavy atom. The van der Waals surface area contributed by atoms with Crippen LogP contribution in [0.15, 0.2) is 73.4 Å². The number of para-hydroxylation sites is 1. The number of nitrogens with zero attached hydrogens (tertiary/aromatic N) is 3. The van der Waals surface area contributed by atoms with Gasteiger partial charge in [0.05, 0.1) is 23.7 Å². The third-order valence-corrected chi connectivity index (χ3v) is 5.19. The topological polar surface area (TPSA) is 58.5 Å². The number of benzene rings is 2. The number of anilines is 1. The second kappa shape index (κ2) is 7.02. The van der Waals surface area contributed by atoms with E-state index in [1.165, 1.54) is 5.39 Å². The molecular weight excluding hydrogens is 370 g/mol. The number of rotatable bonds is 5. The highest BCUT2D eigenvalue weighted by atomic mass is 35.5. The molecule has 5 rings (SSSR count). The van der Waals surface area contributed by atoms with Gasteiger partial charge in [-0.05, 0) is 30.3 Å². The molecule has 2 N–H and O–H groups in total. The van der Waals surface area contributed by atoms with Gasteiger partial charge in [0.2, 0.25) is 0 Å². The fourth-order valence-corrected chi connectivity index (χ4v) is 3.76. The molecule has 3 aromatic heterocycles. The number of hydrogen-bond acceptors (Lipinski definition) is 3. The van der Waals surface area contributed by atoms with Gasteiger partial charge in [0.15, 0.2) is 0 Å². The summed E-state index contributed by atoms with van der Waals surface area (Å²) in [6.07, 6.45) is 7.64. The lowest BCUT2D eigenvalue weighted by Crippen LogP contribution is -2.11. The fourth-order valence-electron chi connectivity index (χ4n) is 3.59. The maximum absolute atomic E-state index is 6.08. The van der Waals surface area contributed by atoms with Gasteiger partial charge in [-0.25, -0.2) is 4.98 Å². The third-order valence-electron chi connectivity index (χ3n) is 4.95. The van der Waals surface area contributed by atoms with Gasteiger partial charge in [-0.15, -0.1) is 0 Å². The largest absolute Gasteiger partial charge is 0.383 e. The van der Waals surface area contributed by atoms with Crippen LogP contribution >= 0.6 is 11.6 Å². The summed E-state index contributed by atoms with van der Waals surface area (Å²) in [5.41, 5.74) is 5.34. The van der Waals surface area contributed by atoms with E-state index in [9.17, 15) is 0 Å². The van der Waals surface area contributed by atoms with E-state index in [-0.39, 0.29) is 0 Å². The third kappa shape index (κ3) is 3.00. The molecule has 6 heteroatoms. The highest BCUT2D eigenvalue weighted by Gasteiger charge is 2.10. The van der Waals surface area contributed by atoms with Gasteiger partial charge in [-0.1, -0.05) is 29.8 Å². The molecule has 0 atom stereocenters. The first-order chi connectivity index (χ1) is 13.8. The Labute approximate surface area is 167 Å². The normalized spacial score (nSPS) is 11.3. The molecule has 28 heavy (non-hydrogen) atoms. The summed E-state index contributed by atoms with van der Waals surface area (Å²) in [6, 6.07) is 16.1. The highest BCUT2D eigenvalue weighted by molar-refractivity contribution is 6.31. The number of nitrogens with one attached hydrogen (secondary N) is 2. The number of aromatic nitrogens is 4. The molecule has 0 unspecified atom stereocenters. The number of halogens is 1. The first-order valence-corrected chi connectivity index (χ1v) is 9.52. The van der Waals surface area contributed by atoms with Crippen LogP contribution in [0.4, 0.5) is 5.69 Å². The van der Waals surface area contributed by atoms with E-state index in [2.05, 4.69) is 43.0 Å². The molecular formula is C22H18ClN5. The van der Waals surface area contributed by atoms with E-state index >= 15 is 0 Å². The first kappa shape index (κ1) is 16.8. The molecule has 138 valence electrons. The SMILES string of the molecule is Clc1ccc2c(NCCn3cncc3-c3c[nH]c4ccccc34)ccnc2c1. The summed E-state index contributed by atoms with van der Waals surface area (Å²) in [7, 11) is 0. The Balaban J connectivity index is 1.37. The van der Waals surface area contributed by atoms with Gasteiger partial charge in [-0.3, -0.25) is 4.98 Å². The molecule has 0 fully saturated rings. The second-order valence-corrected chi connectivity index (χ2v) is 7.10. The minimum Gasteiger partial charge on any atom is -0.383 e. The number of hydrogen-bond donors (Lipinski definition) is 2. The van der Waals surface area contributed by atoms with Crippen molar-refractivity contribution in [3.63, 3.8) is 0 Å². The molecule has 0 saturated heterocycles. The zero-order chi connectivity index (χ0) is 18.9. The number of H-pyrrole nitrogens is 1. The van der Waals surface area contributed by atoms with E-state index in [0.29, 0.717) is 5.02 Å². The van der Waals surface area contributed by atoms with Crippen LogP contribution < -0.4 is 5.32 Å². The van der Waals surface area contributed by atoms with Crippen molar-refractivity contribution in [3.05, 3.63) is 78.5 Å². The number of imidazole rings is 1. The molecule has 0 aliphatic carbocycles. The summed E-state index contributed by atoms with van der Waals surface area (Å²) in [5, 5.41) is 6.48. The van der Waals surface area contributed by atoms with Crippen LogP contribution in [0.25, 0.3) is 33.1 Å². The van der Waals surface area contributed by atoms with Gasteiger partial charge in [0, 0.05) is 58.0 Å². The smallest absolute Gasteiger partial charge is 0.0951 e. The number of pyridine rings is 1. The minimum atomic E-state index is 0.693. The van der Waals surface area contributed by atoms with E-state index in [1.807, 2.05) is 49.1 Å². The van der Waals surface area contributed by atoms with Crippen molar-refractivity contribution in [1.82, 2.24) is 19.5 Å². The minimum absolute atomic E-state index is 0.693. The van der Waals surface area contributed by atoms with Crippen molar-refractivity contribution >= 4 is 39.1 Å². The van der Waals surface area contributed by atoms with Gasteiger partial charge in [0.25, 0.3) is 0 Å². The Morgan fingerprint density at radius 2 is 2.00 bits per heavy atom. The van der Waals surface area contributed by atoms with Crippen molar-refractivity contribution in [2.75, 3.05) is 11.9 Å². The van der Waals surface area contributed by atoms with E-state index in [4.69, 9.17) is 11.6 Å². The number of aromatic amines is 1. The van der Waals surface area contributed by atoms with Crippen molar-refractivity contribution < 1.29 is 0 Å². The Kier molecular flexibility index (Phi) is 4.22. The summed E-state index contributed by atoms with van der Waals surface area (Å²) in [5.74, 6) is 0. The Morgan fingerprint density at radius 3 is 2.96 bits per heavy atom. The van der Waals surface area contributed by atoms with Gasteiger partial charge in [0.1, 0.15) is 0 Å². The molecule has 0 saturated carbocycles. The molecule has 3 heterocycles. The average molecular weight is 388 g/mol. The monoisotopic (exact) mass is 387 g/mol. The van der Waals surface area contributed by atoms with Crippen LogP contribution in [0.2, 0.25) is 5.02 Å². The molecule has 2 aromatic carbocycles. The first-order valence-electron chi connectivity index (χ1n) is 9.14. The summed E-state index contributed by atoms with van der Waals surface area (Å²) >= 11 is 6.08. The van der Waals surface area contributed by atoms with Crippen LogP contribution in [0.3, 0.4) is 0 Å². The van der Waals surface area contributed by atoms with Crippen LogP contribution in [-0.4, -0.2) is 26.1 Å².